The van der Waals surface area contributed by atoms with E-state index in [2.05, 4.69) is 33.0 Å². The van der Waals surface area contributed by atoms with Gasteiger partial charge in [-0.3, -0.25) is 4.79 Å². The van der Waals surface area contributed by atoms with E-state index < -0.39 is 0 Å². The molecule has 116 valence electrons. The summed E-state index contributed by atoms with van der Waals surface area (Å²) in [6, 6.07) is 9.52. The smallest absolute Gasteiger partial charge is 0.251 e. The van der Waals surface area contributed by atoms with Crippen LogP contribution in [0.4, 0.5) is 0 Å². The lowest BCUT2D eigenvalue weighted by Gasteiger charge is -2.53. The third kappa shape index (κ3) is 3.44. The summed E-state index contributed by atoms with van der Waals surface area (Å²) >= 11 is 0. The van der Waals surface area contributed by atoms with Crippen LogP contribution in [0.1, 0.15) is 50.9 Å². The topological polar surface area (TPSA) is 41.6 Å². The van der Waals surface area contributed by atoms with Crippen LogP contribution in [-0.2, 0) is 4.84 Å². The minimum atomic E-state index is -0.120. The van der Waals surface area contributed by atoms with Gasteiger partial charge in [-0.05, 0) is 52.7 Å². The Morgan fingerprint density at radius 1 is 1.14 bits per heavy atom. The summed E-state index contributed by atoms with van der Waals surface area (Å²) in [6.45, 7) is 8.61. The maximum Gasteiger partial charge on any atom is 0.251 e. The molecule has 0 bridgehead atoms. The largest absolute Gasteiger partial charge is 0.349 e. The monoisotopic (exact) mass is 290 g/mol. The number of amides is 1. The molecular weight excluding hydrogens is 264 g/mol. The average molecular weight is 290 g/mol. The molecule has 2 rings (SSSR count). The average Bonchev–Trinajstić information content (AvgIpc) is 2.37. The molecule has 1 aliphatic heterocycles. The van der Waals surface area contributed by atoms with Crippen LogP contribution >= 0.6 is 0 Å². The predicted octanol–water partition coefficient (Wildman–Crippen LogP) is 3.00. The Morgan fingerprint density at radius 3 is 2.14 bits per heavy atom. The first-order valence-electron chi connectivity index (χ1n) is 7.47. The van der Waals surface area contributed by atoms with Crippen molar-refractivity contribution in [2.24, 2.45) is 0 Å². The zero-order valence-electron chi connectivity index (χ0n) is 13.6. The molecule has 1 saturated heterocycles. The van der Waals surface area contributed by atoms with Crippen LogP contribution in [0, 0.1) is 0 Å². The predicted molar refractivity (Wildman–Crippen MR) is 83.9 cm³/mol. The lowest BCUT2D eigenvalue weighted by Crippen LogP contribution is -2.63. The van der Waals surface area contributed by atoms with Crippen LogP contribution in [0.15, 0.2) is 30.3 Å². The molecule has 0 atom stereocenters. The molecule has 1 fully saturated rings. The molecule has 0 saturated carbocycles. The van der Waals surface area contributed by atoms with Gasteiger partial charge in [0.15, 0.2) is 0 Å². The first-order chi connectivity index (χ1) is 9.76. The van der Waals surface area contributed by atoms with Gasteiger partial charge in [-0.25, -0.2) is 0 Å². The molecule has 1 amide bonds. The standard InChI is InChI=1S/C17H26N2O2/c1-16(2)11-14(12-17(3,4)19(16)21-5)18-15(20)13-9-7-6-8-10-13/h6-10,14H,11-12H2,1-5H3,(H,18,20). The molecule has 4 nitrogen and oxygen atoms in total. The van der Waals surface area contributed by atoms with Gasteiger partial charge in [0.2, 0.25) is 0 Å². The second-order valence-electron chi connectivity index (χ2n) is 7.05. The fourth-order valence-electron chi connectivity index (χ4n) is 3.72. The van der Waals surface area contributed by atoms with Gasteiger partial charge in [-0.2, -0.15) is 5.06 Å². The molecule has 1 aliphatic rings. The molecule has 1 N–H and O–H groups in total. The Bertz CT molecular complexity index is 479. The number of carbonyl (C=O) groups excluding carboxylic acids is 1. The molecule has 0 radical (unpaired) electrons. The lowest BCUT2D eigenvalue weighted by molar-refractivity contribution is -0.267. The maximum atomic E-state index is 12.3. The van der Waals surface area contributed by atoms with Crippen molar-refractivity contribution in [1.29, 1.82) is 0 Å². The Kier molecular flexibility index (Phi) is 4.40. The molecule has 1 aromatic carbocycles. The zero-order chi connectivity index (χ0) is 15.7. The summed E-state index contributed by atoms with van der Waals surface area (Å²) < 4.78 is 0. The number of piperidine rings is 1. The van der Waals surface area contributed by atoms with E-state index in [0.29, 0.717) is 5.56 Å². The van der Waals surface area contributed by atoms with Gasteiger partial charge in [-0.15, -0.1) is 0 Å². The van der Waals surface area contributed by atoms with Crippen LogP contribution in [0.5, 0.6) is 0 Å². The fraction of sp³-hybridized carbons (Fsp3) is 0.588. The van der Waals surface area contributed by atoms with Crippen LogP contribution in [0.25, 0.3) is 0 Å². The van der Waals surface area contributed by atoms with Gasteiger partial charge >= 0.3 is 0 Å². The van der Waals surface area contributed by atoms with Gasteiger partial charge in [-0.1, -0.05) is 18.2 Å². The first kappa shape index (κ1) is 16.0. The Labute approximate surface area is 127 Å². The van der Waals surface area contributed by atoms with Crippen molar-refractivity contribution in [2.75, 3.05) is 7.11 Å². The molecule has 1 heterocycles. The normalized spacial score (nSPS) is 22.0. The SMILES string of the molecule is CON1C(C)(C)CC(NC(=O)c2ccccc2)CC1(C)C. The van der Waals surface area contributed by atoms with E-state index in [0.717, 1.165) is 12.8 Å². The number of rotatable bonds is 3. The summed E-state index contributed by atoms with van der Waals surface area (Å²) in [4.78, 5) is 17.9. The second-order valence-corrected chi connectivity index (χ2v) is 7.05. The summed E-state index contributed by atoms with van der Waals surface area (Å²) in [5.74, 6) is -0.00179. The molecular formula is C17H26N2O2. The van der Waals surface area contributed by atoms with Crippen molar-refractivity contribution < 1.29 is 9.63 Å². The number of hydrogen-bond acceptors (Lipinski definition) is 3. The summed E-state index contributed by atoms with van der Waals surface area (Å²) in [6.07, 6.45) is 1.73. The lowest BCUT2D eigenvalue weighted by atomic mass is 9.79. The minimum absolute atomic E-state index is 0.00179. The number of nitrogens with one attached hydrogen (secondary N) is 1. The number of hydroxylamine groups is 2. The van der Waals surface area contributed by atoms with Gasteiger partial charge in [0.25, 0.3) is 5.91 Å². The Morgan fingerprint density at radius 2 is 1.67 bits per heavy atom. The van der Waals surface area contributed by atoms with Crippen molar-refractivity contribution in [1.82, 2.24) is 10.4 Å². The van der Waals surface area contributed by atoms with Crippen molar-refractivity contribution in [2.45, 2.75) is 57.7 Å². The van der Waals surface area contributed by atoms with Crippen LogP contribution in [-0.4, -0.2) is 35.2 Å². The second kappa shape index (κ2) is 5.78. The molecule has 0 spiro atoms. The molecule has 0 aromatic heterocycles. The van der Waals surface area contributed by atoms with Gasteiger partial charge in [0.1, 0.15) is 0 Å². The molecule has 21 heavy (non-hydrogen) atoms. The van der Waals surface area contributed by atoms with Gasteiger partial charge in [0.05, 0.1) is 7.11 Å². The minimum Gasteiger partial charge on any atom is -0.349 e. The van der Waals surface area contributed by atoms with Crippen LogP contribution < -0.4 is 5.32 Å². The number of carbonyl (C=O) groups is 1. The molecule has 0 aliphatic carbocycles. The van der Waals surface area contributed by atoms with Crippen molar-refractivity contribution in [3.63, 3.8) is 0 Å². The Balaban J connectivity index is 2.10. The maximum absolute atomic E-state index is 12.3. The highest BCUT2D eigenvalue weighted by atomic mass is 16.7. The summed E-state index contributed by atoms with van der Waals surface area (Å²) in [7, 11) is 1.71. The fourth-order valence-corrected chi connectivity index (χ4v) is 3.72. The molecule has 0 unspecified atom stereocenters. The quantitative estimate of drug-likeness (QED) is 0.930. The summed E-state index contributed by atoms with van der Waals surface area (Å²) in [5, 5.41) is 5.22. The highest BCUT2D eigenvalue weighted by Crippen LogP contribution is 2.38. The number of nitrogens with zero attached hydrogens (tertiary/aromatic N) is 1. The van der Waals surface area contributed by atoms with Crippen molar-refractivity contribution in [3.8, 4) is 0 Å². The van der Waals surface area contributed by atoms with Gasteiger partial charge in [0, 0.05) is 22.7 Å². The van der Waals surface area contributed by atoms with E-state index >= 15 is 0 Å². The van der Waals surface area contributed by atoms with E-state index in [9.17, 15) is 4.79 Å². The van der Waals surface area contributed by atoms with Crippen LogP contribution in [0.3, 0.4) is 0 Å². The molecule has 4 heteroatoms. The van der Waals surface area contributed by atoms with E-state index in [-0.39, 0.29) is 23.0 Å². The third-order valence-electron chi connectivity index (χ3n) is 4.15. The van der Waals surface area contributed by atoms with Crippen molar-refractivity contribution in [3.05, 3.63) is 35.9 Å². The van der Waals surface area contributed by atoms with Crippen LogP contribution in [0.2, 0.25) is 0 Å². The van der Waals surface area contributed by atoms with E-state index in [1.54, 1.807) is 7.11 Å². The van der Waals surface area contributed by atoms with Gasteiger partial charge < -0.3 is 10.2 Å². The third-order valence-corrected chi connectivity index (χ3v) is 4.15. The zero-order valence-corrected chi connectivity index (χ0v) is 13.6. The summed E-state index contributed by atoms with van der Waals surface area (Å²) in [5.41, 5.74) is 0.471. The number of benzene rings is 1. The highest BCUT2D eigenvalue weighted by molar-refractivity contribution is 5.94. The number of hydrogen-bond donors (Lipinski definition) is 1. The molecule has 1 aromatic rings. The Hall–Kier alpha value is -1.39. The first-order valence-corrected chi connectivity index (χ1v) is 7.47. The van der Waals surface area contributed by atoms with E-state index in [4.69, 9.17) is 4.84 Å². The van der Waals surface area contributed by atoms with E-state index in [1.165, 1.54) is 0 Å². The highest BCUT2D eigenvalue weighted by Gasteiger charge is 2.46. The van der Waals surface area contributed by atoms with E-state index in [1.807, 2.05) is 35.4 Å². The van der Waals surface area contributed by atoms with Crippen molar-refractivity contribution >= 4 is 5.91 Å².